The normalized spacial score (nSPS) is 20.7. The maximum Gasteiger partial charge on any atom is 0.264 e. The summed E-state index contributed by atoms with van der Waals surface area (Å²) < 4.78 is 1.76. The van der Waals surface area contributed by atoms with E-state index in [2.05, 4.69) is 17.1 Å². The summed E-state index contributed by atoms with van der Waals surface area (Å²) in [7, 11) is 0. The monoisotopic (exact) mass is 430 g/mol. The molecule has 0 saturated carbocycles. The lowest BCUT2D eigenvalue weighted by molar-refractivity contribution is 0.0793. The predicted octanol–water partition coefficient (Wildman–Crippen LogP) is 2.70. The Labute approximate surface area is 178 Å². The number of fused-ring (bicyclic) bond motifs is 2. The van der Waals surface area contributed by atoms with Crippen LogP contribution in [0.1, 0.15) is 39.0 Å². The number of nitrogens with two attached hydrogens (primary N) is 1. The highest BCUT2D eigenvalue weighted by Gasteiger charge is 2.36. The van der Waals surface area contributed by atoms with Crippen molar-refractivity contribution < 1.29 is 4.79 Å². The molecule has 0 bridgehead atoms. The summed E-state index contributed by atoms with van der Waals surface area (Å²) >= 11 is 1.34. The van der Waals surface area contributed by atoms with Crippen LogP contribution in [-0.4, -0.2) is 39.5 Å². The molecule has 5 rings (SSSR count). The zero-order valence-electron chi connectivity index (χ0n) is 16.1. The number of halogens is 1. The first kappa shape index (κ1) is 20.1. The number of likely N-dealkylation sites (tertiary alicyclic amines) is 1. The molecule has 2 aliphatic heterocycles. The highest BCUT2D eigenvalue weighted by Crippen LogP contribution is 2.33. The second-order valence-electron chi connectivity index (χ2n) is 7.72. The van der Waals surface area contributed by atoms with Crippen molar-refractivity contribution in [3.8, 4) is 0 Å². The summed E-state index contributed by atoms with van der Waals surface area (Å²) in [6.45, 7) is 3.70. The van der Waals surface area contributed by atoms with Gasteiger partial charge in [0.25, 0.3) is 11.5 Å². The molecule has 2 atom stereocenters. The van der Waals surface area contributed by atoms with Crippen LogP contribution in [0.3, 0.4) is 0 Å². The Hall–Kier alpha value is -2.22. The molecule has 4 heterocycles. The largest absolute Gasteiger partial charge is 0.336 e. The van der Waals surface area contributed by atoms with Crippen LogP contribution in [-0.2, 0) is 13.0 Å². The molecule has 2 N–H and O–H groups in total. The second-order valence-corrected chi connectivity index (χ2v) is 8.71. The number of hydrogen-bond acceptors (Lipinski definition) is 5. The summed E-state index contributed by atoms with van der Waals surface area (Å²) in [5, 5.41) is 0.599. The minimum Gasteiger partial charge on any atom is -0.336 e. The van der Waals surface area contributed by atoms with Crippen LogP contribution in [0.2, 0.25) is 0 Å². The van der Waals surface area contributed by atoms with Gasteiger partial charge in [0.1, 0.15) is 10.7 Å². The molecule has 6 nitrogen and oxygen atoms in total. The van der Waals surface area contributed by atoms with Gasteiger partial charge in [0.05, 0.1) is 10.3 Å². The van der Waals surface area contributed by atoms with E-state index in [0.29, 0.717) is 28.2 Å². The number of hydrogen-bond donors (Lipinski definition) is 1. The van der Waals surface area contributed by atoms with Gasteiger partial charge in [0.15, 0.2) is 0 Å². The molecule has 1 amide bonds. The van der Waals surface area contributed by atoms with Crippen molar-refractivity contribution >= 4 is 39.9 Å². The topological polar surface area (TPSA) is 81.2 Å². The van der Waals surface area contributed by atoms with Crippen molar-refractivity contribution in [2.45, 2.75) is 38.3 Å². The minimum absolute atomic E-state index is 0. The van der Waals surface area contributed by atoms with Crippen LogP contribution < -0.4 is 11.3 Å². The maximum absolute atomic E-state index is 13.3. The molecule has 29 heavy (non-hydrogen) atoms. The molecule has 1 saturated heterocycles. The number of thiophene rings is 1. The van der Waals surface area contributed by atoms with E-state index in [1.165, 1.54) is 11.3 Å². The Morgan fingerprint density at radius 1 is 1.24 bits per heavy atom. The van der Waals surface area contributed by atoms with Crippen molar-refractivity contribution in [1.82, 2.24) is 14.5 Å². The van der Waals surface area contributed by atoms with Crippen LogP contribution in [0.4, 0.5) is 0 Å². The SMILES string of the molecule is Cc1c(C(=O)N2C[C@@H](N)[C@H](c3ccccc3)C2)sc2nc3n(c(=O)c12)CCC3.Cl. The van der Waals surface area contributed by atoms with E-state index in [1.54, 1.807) is 4.57 Å². The molecule has 1 fully saturated rings. The van der Waals surface area contributed by atoms with E-state index in [9.17, 15) is 9.59 Å². The van der Waals surface area contributed by atoms with Gasteiger partial charge >= 0.3 is 0 Å². The molecule has 152 valence electrons. The third-order valence-corrected chi connectivity index (χ3v) is 7.16. The first-order valence-corrected chi connectivity index (χ1v) is 10.5. The standard InChI is InChI=1S/C21H22N4O2S.ClH/c1-12-17-19(23-16-8-5-9-25(16)20(17)26)28-18(12)21(27)24-10-14(15(22)11-24)13-6-3-2-4-7-13;/h2-4,6-7,14-15H,5,8-11,22H2,1H3;1H/t14-,15+;/m0./s1. The third kappa shape index (κ3) is 3.17. The van der Waals surface area contributed by atoms with Gasteiger partial charge in [-0.15, -0.1) is 23.7 Å². The highest BCUT2D eigenvalue weighted by atomic mass is 35.5. The first-order valence-electron chi connectivity index (χ1n) is 9.67. The van der Waals surface area contributed by atoms with E-state index in [1.807, 2.05) is 30.0 Å². The van der Waals surface area contributed by atoms with Gasteiger partial charge in [-0.3, -0.25) is 14.2 Å². The van der Waals surface area contributed by atoms with Crippen molar-refractivity contribution in [2.75, 3.05) is 13.1 Å². The molecule has 3 aromatic rings. The number of rotatable bonds is 2. The zero-order chi connectivity index (χ0) is 19.4. The fraction of sp³-hybridized carbons (Fsp3) is 0.381. The molecule has 8 heteroatoms. The lowest BCUT2D eigenvalue weighted by atomic mass is 9.95. The number of carbonyl (C=O) groups excluding carboxylic acids is 1. The van der Waals surface area contributed by atoms with Crippen LogP contribution in [0.5, 0.6) is 0 Å². The Morgan fingerprint density at radius 2 is 2.00 bits per heavy atom. The molecule has 1 aromatic carbocycles. The molecule has 0 unspecified atom stereocenters. The van der Waals surface area contributed by atoms with Gasteiger partial charge in [0, 0.05) is 38.0 Å². The predicted molar refractivity (Wildman–Crippen MR) is 117 cm³/mol. The quantitative estimate of drug-likeness (QED) is 0.677. The van der Waals surface area contributed by atoms with Crippen LogP contribution >= 0.6 is 23.7 Å². The summed E-state index contributed by atoms with van der Waals surface area (Å²) in [4.78, 5) is 33.9. The lowest BCUT2D eigenvalue weighted by Gasteiger charge is -2.16. The number of aryl methyl sites for hydroxylation is 2. The average Bonchev–Trinajstić information content (AvgIpc) is 3.40. The van der Waals surface area contributed by atoms with Crippen molar-refractivity contribution in [3.63, 3.8) is 0 Å². The van der Waals surface area contributed by atoms with E-state index < -0.39 is 0 Å². The van der Waals surface area contributed by atoms with Crippen molar-refractivity contribution in [1.29, 1.82) is 0 Å². The molecule has 2 aromatic heterocycles. The molecule has 0 spiro atoms. The van der Waals surface area contributed by atoms with E-state index in [4.69, 9.17) is 5.73 Å². The van der Waals surface area contributed by atoms with E-state index >= 15 is 0 Å². The fourth-order valence-corrected chi connectivity index (χ4v) is 5.63. The Balaban J connectivity index is 0.00000205. The average molecular weight is 431 g/mol. The Kier molecular flexibility index (Phi) is 5.23. The fourth-order valence-electron chi connectivity index (χ4n) is 4.47. The summed E-state index contributed by atoms with van der Waals surface area (Å²) in [6.07, 6.45) is 1.78. The van der Waals surface area contributed by atoms with Crippen LogP contribution in [0, 0.1) is 6.92 Å². The Bertz CT molecular complexity index is 1140. The molecular formula is C21H23ClN4O2S. The number of amides is 1. The minimum atomic E-state index is -0.0893. The molecular weight excluding hydrogens is 408 g/mol. The summed E-state index contributed by atoms with van der Waals surface area (Å²) in [5.74, 6) is 0.927. The Morgan fingerprint density at radius 3 is 2.76 bits per heavy atom. The van der Waals surface area contributed by atoms with Gasteiger partial charge in [-0.05, 0) is 24.5 Å². The van der Waals surface area contributed by atoms with E-state index in [-0.39, 0.29) is 35.8 Å². The van der Waals surface area contributed by atoms with Gasteiger partial charge in [0.2, 0.25) is 0 Å². The summed E-state index contributed by atoms with van der Waals surface area (Å²) in [5.41, 5.74) is 8.27. The van der Waals surface area contributed by atoms with Crippen molar-refractivity contribution in [3.05, 3.63) is 62.5 Å². The third-order valence-electron chi connectivity index (χ3n) is 5.99. The zero-order valence-corrected chi connectivity index (χ0v) is 17.8. The second kappa shape index (κ2) is 7.55. The maximum atomic E-state index is 13.3. The van der Waals surface area contributed by atoms with E-state index in [0.717, 1.165) is 36.3 Å². The first-order chi connectivity index (χ1) is 13.5. The molecule has 2 aliphatic rings. The number of nitrogens with zero attached hydrogens (tertiary/aromatic N) is 3. The number of benzene rings is 1. The van der Waals surface area contributed by atoms with Crippen LogP contribution in [0.25, 0.3) is 10.2 Å². The smallest absolute Gasteiger partial charge is 0.264 e. The van der Waals surface area contributed by atoms with Gasteiger partial charge < -0.3 is 10.6 Å². The van der Waals surface area contributed by atoms with Gasteiger partial charge in [-0.1, -0.05) is 30.3 Å². The number of carbonyl (C=O) groups is 1. The van der Waals surface area contributed by atoms with Gasteiger partial charge in [-0.2, -0.15) is 0 Å². The molecule has 0 radical (unpaired) electrons. The summed E-state index contributed by atoms with van der Waals surface area (Å²) in [6, 6.07) is 10.0. The van der Waals surface area contributed by atoms with Gasteiger partial charge in [-0.25, -0.2) is 4.98 Å². The van der Waals surface area contributed by atoms with Crippen molar-refractivity contribution in [2.24, 2.45) is 5.73 Å². The lowest BCUT2D eigenvalue weighted by Crippen LogP contribution is -2.32. The highest BCUT2D eigenvalue weighted by molar-refractivity contribution is 7.20. The molecule has 0 aliphatic carbocycles. The van der Waals surface area contributed by atoms with Crippen LogP contribution in [0.15, 0.2) is 35.1 Å². The number of aromatic nitrogens is 2.